The van der Waals surface area contributed by atoms with Crippen molar-refractivity contribution in [3.05, 3.63) is 53.7 Å². The Morgan fingerprint density at radius 2 is 1.83 bits per heavy atom. The van der Waals surface area contributed by atoms with Gasteiger partial charge in [0.15, 0.2) is 0 Å². The number of benzene rings is 2. The van der Waals surface area contributed by atoms with Crippen LogP contribution in [-0.2, 0) is 0 Å². The van der Waals surface area contributed by atoms with Gasteiger partial charge in [0.2, 0.25) is 0 Å². The van der Waals surface area contributed by atoms with E-state index < -0.39 is 0 Å². The Morgan fingerprint density at radius 1 is 1.07 bits per heavy atom. The van der Waals surface area contributed by atoms with E-state index in [1.54, 1.807) is 23.0 Å². The topological polar surface area (TPSA) is 74.8 Å². The van der Waals surface area contributed by atoms with Gasteiger partial charge in [0.25, 0.3) is 5.91 Å². The number of amides is 3. The number of fused-ring (bicyclic) bond motifs is 1. The van der Waals surface area contributed by atoms with Crippen LogP contribution >= 0.6 is 11.5 Å². The molecule has 150 valence electrons. The Labute approximate surface area is 173 Å². The van der Waals surface area contributed by atoms with E-state index >= 15 is 0 Å². The van der Waals surface area contributed by atoms with Crippen molar-refractivity contribution in [2.45, 2.75) is 6.92 Å². The maximum absolute atomic E-state index is 13.0. The molecule has 7 nitrogen and oxygen atoms in total. The minimum Gasteiger partial charge on any atom is -0.497 e. The highest BCUT2D eigenvalue weighted by Gasteiger charge is 2.27. The van der Waals surface area contributed by atoms with Gasteiger partial charge in [-0.05, 0) is 42.7 Å². The van der Waals surface area contributed by atoms with E-state index in [0.717, 1.165) is 15.6 Å². The summed E-state index contributed by atoms with van der Waals surface area (Å²) >= 11 is 1.34. The van der Waals surface area contributed by atoms with E-state index in [0.29, 0.717) is 43.3 Å². The fourth-order valence-corrected chi connectivity index (χ4v) is 4.12. The Bertz CT molecular complexity index is 1060. The number of nitrogens with one attached hydrogen (secondary N) is 1. The van der Waals surface area contributed by atoms with Crippen molar-refractivity contribution in [3.63, 3.8) is 0 Å². The molecule has 1 saturated heterocycles. The zero-order valence-corrected chi connectivity index (χ0v) is 17.2. The number of ether oxygens (including phenoxy) is 1. The van der Waals surface area contributed by atoms with Crippen LogP contribution in [0.3, 0.4) is 0 Å². The molecule has 0 unspecified atom stereocenters. The lowest BCUT2D eigenvalue weighted by molar-refractivity contribution is 0.0669. The molecule has 0 aliphatic carbocycles. The lowest BCUT2D eigenvalue weighted by atomic mass is 10.1. The van der Waals surface area contributed by atoms with Crippen LogP contribution in [0.4, 0.5) is 10.5 Å². The third kappa shape index (κ3) is 4.02. The van der Waals surface area contributed by atoms with E-state index in [1.165, 1.54) is 11.5 Å². The number of methoxy groups -OCH3 is 1. The van der Waals surface area contributed by atoms with Crippen LogP contribution in [0.1, 0.15) is 16.1 Å². The van der Waals surface area contributed by atoms with Crippen LogP contribution < -0.4 is 10.1 Å². The number of carbonyl (C=O) groups is 2. The van der Waals surface area contributed by atoms with Crippen LogP contribution in [0.2, 0.25) is 0 Å². The van der Waals surface area contributed by atoms with Gasteiger partial charge in [0, 0.05) is 43.3 Å². The summed E-state index contributed by atoms with van der Waals surface area (Å²) in [5.74, 6) is 0.610. The number of anilines is 1. The largest absolute Gasteiger partial charge is 0.497 e. The van der Waals surface area contributed by atoms with Gasteiger partial charge in [-0.2, -0.15) is 4.37 Å². The first-order valence-electron chi connectivity index (χ1n) is 9.40. The number of rotatable bonds is 3. The predicted octanol–water partition coefficient (Wildman–Crippen LogP) is 3.60. The number of aryl methyl sites for hydroxylation is 1. The summed E-state index contributed by atoms with van der Waals surface area (Å²) in [6.45, 7) is 3.92. The fourth-order valence-electron chi connectivity index (χ4n) is 3.37. The first kappa shape index (κ1) is 19.2. The van der Waals surface area contributed by atoms with Gasteiger partial charge in [-0.3, -0.25) is 4.79 Å². The van der Waals surface area contributed by atoms with Crippen LogP contribution in [0.15, 0.2) is 42.5 Å². The first-order valence-corrected chi connectivity index (χ1v) is 10.2. The Hall–Kier alpha value is -3.13. The molecule has 1 aliphatic rings. The highest BCUT2D eigenvalue weighted by atomic mass is 32.1. The van der Waals surface area contributed by atoms with Gasteiger partial charge < -0.3 is 19.9 Å². The number of hydrogen-bond donors (Lipinski definition) is 1. The second kappa shape index (κ2) is 8.08. The molecule has 8 heteroatoms. The average Bonchev–Trinajstić information content (AvgIpc) is 3.16. The molecule has 2 heterocycles. The first-order chi connectivity index (χ1) is 14.0. The molecule has 29 heavy (non-hydrogen) atoms. The third-order valence-corrected chi connectivity index (χ3v) is 5.83. The van der Waals surface area contributed by atoms with Crippen molar-refractivity contribution in [1.29, 1.82) is 0 Å². The second-order valence-corrected chi connectivity index (χ2v) is 7.78. The van der Waals surface area contributed by atoms with Crippen LogP contribution in [0.5, 0.6) is 5.75 Å². The molecule has 1 N–H and O–H groups in total. The van der Waals surface area contributed by atoms with E-state index in [4.69, 9.17) is 4.74 Å². The van der Waals surface area contributed by atoms with Crippen molar-refractivity contribution in [2.24, 2.45) is 0 Å². The molecule has 3 amide bonds. The second-order valence-electron chi connectivity index (χ2n) is 6.97. The van der Waals surface area contributed by atoms with E-state index in [9.17, 15) is 9.59 Å². The van der Waals surface area contributed by atoms with E-state index in [2.05, 4.69) is 9.69 Å². The minimum atomic E-state index is -0.180. The lowest BCUT2D eigenvalue weighted by Gasteiger charge is -2.34. The van der Waals surface area contributed by atoms with Crippen molar-refractivity contribution in [3.8, 4) is 5.75 Å². The van der Waals surface area contributed by atoms with Crippen LogP contribution in [-0.4, -0.2) is 59.4 Å². The summed E-state index contributed by atoms with van der Waals surface area (Å²) in [5.41, 5.74) is 2.28. The highest BCUT2D eigenvalue weighted by Crippen LogP contribution is 2.25. The van der Waals surface area contributed by atoms with Gasteiger partial charge in [-0.1, -0.05) is 17.7 Å². The van der Waals surface area contributed by atoms with Crippen LogP contribution in [0.25, 0.3) is 10.1 Å². The fraction of sp³-hybridized carbons (Fsp3) is 0.286. The maximum atomic E-state index is 13.0. The van der Waals surface area contributed by atoms with Gasteiger partial charge >= 0.3 is 6.03 Å². The monoisotopic (exact) mass is 410 g/mol. The normalized spacial score (nSPS) is 14.1. The zero-order chi connectivity index (χ0) is 20.4. The van der Waals surface area contributed by atoms with Gasteiger partial charge in [-0.25, -0.2) is 4.79 Å². The van der Waals surface area contributed by atoms with Crippen molar-refractivity contribution < 1.29 is 14.3 Å². The molecule has 4 rings (SSSR count). The molecule has 1 aliphatic heterocycles. The van der Waals surface area contributed by atoms with Gasteiger partial charge in [0.1, 0.15) is 11.4 Å². The molecule has 0 bridgehead atoms. The maximum Gasteiger partial charge on any atom is 0.321 e. The van der Waals surface area contributed by atoms with Crippen molar-refractivity contribution in [1.82, 2.24) is 14.2 Å². The van der Waals surface area contributed by atoms with Crippen molar-refractivity contribution in [2.75, 3.05) is 38.6 Å². The quantitative estimate of drug-likeness (QED) is 0.716. The zero-order valence-electron chi connectivity index (χ0n) is 16.3. The summed E-state index contributed by atoms with van der Waals surface area (Å²) in [7, 11) is 1.59. The summed E-state index contributed by atoms with van der Waals surface area (Å²) in [6.07, 6.45) is 0. The minimum absolute atomic E-state index is 0.0743. The number of nitrogens with zero attached hydrogens (tertiary/aromatic N) is 3. The summed E-state index contributed by atoms with van der Waals surface area (Å²) in [6, 6.07) is 13.1. The number of urea groups is 1. The Balaban J connectivity index is 1.39. The SMILES string of the molecule is COc1cccc(NC(=O)N2CCN(C(=O)c3nsc4ccc(C)cc34)CC2)c1. The molecule has 0 radical (unpaired) electrons. The number of hydrogen-bond acceptors (Lipinski definition) is 5. The molecule has 1 aromatic heterocycles. The third-order valence-electron chi connectivity index (χ3n) is 5.00. The number of aromatic nitrogens is 1. The molecular weight excluding hydrogens is 388 g/mol. The molecule has 0 saturated carbocycles. The van der Waals surface area contributed by atoms with E-state index in [1.807, 2.05) is 43.3 Å². The molecule has 0 spiro atoms. The summed E-state index contributed by atoms with van der Waals surface area (Å²) < 4.78 is 10.6. The van der Waals surface area contributed by atoms with Crippen LogP contribution in [0, 0.1) is 6.92 Å². The predicted molar refractivity (Wildman–Crippen MR) is 114 cm³/mol. The molecule has 3 aromatic rings. The molecule has 0 atom stereocenters. The molecule has 1 fully saturated rings. The smallest absolute Gasteiger partial charge is 0.321 e. The standard InChI is InChI=1S/C21H22N4O3S/c1-14-6-7-18-17(12-14)19(23-29-18)20(26)24-8-10-25(11-9-24)21(27)22-15-4-3-5-16(13-15)28-2/h3-7,12-13H,8-11H2,1-2H3,(H,22,27). The lowest BCUT2D eigenvalue weighted by Crippen LogP contribution is -2.51. The number of carbonyl (C=O) groups excluding carboxylic acids is 2. The number of piperazine rings is 1. The van der Waals surface area contributed by atoms with Crippen molar-refractivity contribution >= 4 is 39.2 Å². The summed E-state index contributed by atoms with van der Waals surface area (Å²) in [4.78, 5) is 29.0. The Kier molecular flexibility index (Phi) is 5.35. The van der Waals surface area contributed by atoms with Gasteiger partial charge in [-0.15, -0.1) is 0 Å². The summed E-state index contributed by atoms with van der Waals surface area (Å²) in [5, 5.41) is 3.78. The van der Waals surface area contributed by atoms with E-state index in [-0.39, 0.29) is 11.9 Å². The molecule has 2 aromatic carbocycles. The molecular formula is C21H22N4O3S. The Morgan fingerprint density at radius 3 is 2.59 bits per heavy atom. The highest BCUT2D eigenvalue weighted by molar-refractivity contribution is 7.13. The van der Waals surface area contributed by atoms with Gasteiger partial charge in [0.05, 0.1) is 11.8 Å². The average molecular weight is 410 g/mol.